The molecule has 4 nitrogen and oxygen atoms in total. The van der Waals surface area contributed by atoms with Gasteiger partial charge in [-0.15, -0.1) is 0 Å². The van der Waals surface area contributed by atoms with Crippen molar-refractivity contribution in [2.24, 2.45) is 5.73 Å². The number of hydrogen-bond donors (Lipinski definition) is 1. The van der Waals surface area contributed by atoms with E-state index in [-0.39, 0.29) is 5.54 Å². The van der Waals surface area contributed by atoms with Crippen molar-refractivity contribution in [2.75, 3.05) is 39.8 Å². The lowest BCUT2D eigenvalue weighted by molar-refractivity contribution is -0.0283. The summed E-state index contributed by atoms with van der Waals surface area (Å²) in [6.45, 7) is 9.75. The first-order valence-corrected chi connectivity index (χ1v) is 7.30. The molecule has 2 fully saturated rings. The third-order valence-electron chi connectivity index (χ3n) is 4.57. The highest BCUT2D eigenvalue weighted by atomic mass is 16.5. The minimum atomic E-state index is 0.233. The van der Waals surface area contributed by atoms with E-state index in [4.69, 9.17) is 10.5 Å². The van der Waals surface area contributed by atoms with Gasteiger partial charge in [0.15, 0.2) is 0 Å². The van der Waals surface area contributed by atoms with Crippen LogP contribution in [-0.4, -0.2) is 67.3 Å². The summed E-state index contributed by atoms with van der Waals surface area (Å²) in [5.74, 6) is 0. The maximum atomic E-state index is 5.77. The largest absolute Gasteiger partial charge is 0.377 e. The molecule has 0 aliphatic carbocycles. The van der Waals surface area contributed by atoms with Gasteiger partial charge in [-0.25, -0.2) is 0 Å². The molecule has 2 rings (SSSR count). The average molecular weight is 255 g/mol. The Hall–Kier alpha value is -0.160. The van der Waals surface area contributed by atoms with Crippen LogP contribution in [0.4, 0.5) is 0 Å². The van der Waals surface area contributed by atoms with E-state index in [1.54, 1.807) is 0 Å². The zero-order valence-electron chi connectivity index (χ0n) is 12.2. The van der Waals surface area contributed by atoms with Crippen LogP contribution < -0.4 is 5.73 Å². The minimum Gasteiger partial charge on any atom is -0.377 e. The Labute approximate surface area is 111 Å². The standard InChI is InChI=1S/C14H29N3O/c1-14(2)11-17(10-13-5-4-8-18-13)9-12(6-7-15)16(14)3/h12-13H,4-11,15H2,1-3H3. The fraction of sp³-hybridized carbons (Fsp3) is 1.00. The molecule has 2 aliphatic heterocycles. The topological polar surface area (TPSA) is 41.7 Å². The molecule has 2 saturated heterocycles. The van der Waals surface area contributed by atoms with E-state index >= 15 is 0 Å². The molecule has 0 aromatic heterocycles. The highest BCUT2D eigenvalue weighted by molar-refractivity contribution is 4.94. The molecule has 0 spiro atoms. The summed E-state index contributed by atoms with van der Waals surface area (Å²) in [5.41, 5.74) is 5.98. The van der Waals surface area contributed by atoms with Gasteiger partial charge in [0, 0.05) is 37.8 Å². The van der Waals surface area contributed by atoms with Crippen LogP contribution >= 0.6 is 0 Å². The van der Waals surface area contributed by atoms with Crippen LogP contribution in [0.15, 0.2) is 0 Å². The molecule has 106 valence electrons. The summed E-state index contributed by atoms with van der Waals surface area (Å²) in [6.07, 6.45) is 4.01. The van der Waals surface area contributed by atoms with Crippen LogP contribution in [0.1, 0.15) is 33.1 Å². The van der Waals surface area contributed by atoms with Crippen molar-refractivity contribution < 1.29 is 4.74 Å². The lowest BCUT2D eigenvalue weighted by Crippen LogP contribution is -2.63. The Morgan fingerprint density at radius 3 is 2.78 bits per heavy atom. The lowest BCUT2D eigenvalue weighted by atomic mass is 9.94. The normalized spacial score (nSPS) is 34.0. The van der Waals surface area contributed by atoms with Crippen molar-refractivity contribution in [2.45, 2.75) is 50.8 Å². The molecule has 0 bridgehead atoms. The summed E-state index contributed by atoms with van der Waals surface area (Å²) < 4.78 is 5.77. The number of piperazine rings is 1. The summed E-state index contributed by atoms with van der Waals surface area (Å²) in [5, 5.41) is 0. The first kappa shape index (κ1) is 14.3. The lowest BCUT2D eigenvalue weighted by Gasteiger charge is -2.50. The first-order valence-electron chi connectivity index (χ1n) is 7.30. The minimum absolute atomic E-state index is 0.233. The van der Waals surface area contributed by atoms with Gasteiger partial charge in [-0.05, 0) is 46.7 Å². The molecule has 0 radical (unpaired) electrons. The molecular formula is C14H29N3O. The number of hydrogen-bond acceptors (Lipinski definition) is 4. The Balaban J connectivity index is 1.94. The second-order valence-electron chi connectivity index (χ2n) is 6.48. The number of ether oxygens (including phenoxy) is 1. The van der Waals surface area contributed by atoms with Crippen LogP contribution in [0, 0.1) is 0 Å². The van der Waals surface area contributed by atoms with Gasteiger partial charge >= 0.3 is 0 Å². The first-order chi connectivity index (χ1) is 8.53. The van der Waals surface area contributed by atoms with Crippen LogP contribution in [0.2, 0.25) is 0 Å². The molecule has 2 atom stereocenters. The fourth-order valence-electron chi connectivity index (χ4n) is 3.33. The van der Waals surface area contributed by atoms with E-state index in [1.165, 1.54) is 12.8 Å². The number of rotatable bonds is 4. The maximum absolute atomic E-state index is 5.77. The molecule has 2 aliphatic rings. The van der Waals surface area contributed by atoms with E-state index in [1.807, 2.05) is 0 Å². The Morgan fingerprint density at radius 2 is 2.17 bits per heavy atom. The smallest absolute Gasteiger partial charge is 0.0702 e. The molecule has 2 N–H and O–H groups in total. The Bertz CT molecular complexity index is 264. The van der Waals surface area contributed by atoms with Gasteiger partial charge in [-0.3, -0.25) is 9.80 Å². The second-order valence-corrected chi connectivity index (χ2v) is 6.48. The predicted molar refractivity (Wildman–Crippen MR) is 74.7 cm³/mol. The van der Waals surface area contributed by atoms with E-state index in [9.17, 15) is 0 Å². The highest BCUT2D eigenvalue weighted by Crippen LogP contribution is 2.26. The molecule has 4 heteroatoms. The zero-order valence-corrected chi connectivity index (χ0v) is 12.2. The van der Waals surface area contributed by atoms with Crippen molar-refractivity contribution in [3.05, 3.63) is 0 Å². The van der Waals surface area contributed by atoms with Gasteiger partial charge in [-0.1, -0.05) is 0 Å². The van der Waals surface area contributed by atoms with Gasteiger partial charge in [0.1, 0.15) is 0 Å². The molecule has 0 amide bonds. The molecular weight excluding hydrogens is 226 g/mol. The Kier molecular flexibility index (Phi) is 4.64. The van der Waals surface area contributed by atoms with E-state index in [0.717, 1.165) is 39.2 Å². The van der Waals surface area contributed by atoms with Gasteiger partial charge in [0.25, 0.3) is 0 Å². The average Bonchev–Trinajstić information content (AvgIpc) is 2.78. The van der Waals surface area contributed by atoms with Crippen molar-refractivity contribution in [3.63, 3.8) is 0 Å². The second kappa shape index (κ2) is 5.87. The molecule has 0 saturated carbocycles. The third-order valence-corrected chi connectivity index (χ3v) is 4.57. The molecule has 2 heterocycles. The van der Waals surface area contributed by atoms with Crippen molar-refractivity contribution in [1.29, 1.82) is 0 Å². The van der Waals surface area contributed by atoms with E-state index in [2.05, 4.69) is 30.7 Å². The van der Waals surface area contributed by atoms with Crippen LogP contribution in [0.3, 0.4) is 0 Å². The number of nitrogens with zero attached hydrogens (tertiary/aromatic N) is 2. The molecule has 18 heavy (non-hydrogen) atoms. The van der Waals surface area contributed by atoms with Crippen LogP contribution in [0.5, 0.6) is 0 Å². The quantitative estimate of drug-likeness (QED) is 0.811. The fourth-order valence-corrected chi connectivity index (χ4v) is 3.33. The van der Waals surface area contributed by atoms with Crippen LogP contribution in [-0.2, 0) is 4.74 Å². The monoisotopic (exact) mass is 255 g/mol. The predicted octanol–water partition coefficient (Wildman–Crippen LogP) is 0.909. The zero-order chi connectivity index (χ0) is 13.2. The molecule has 0 aromatic rings. The summed E-state index contributed by atoms with van der Waals surface area (Å²) in [4.78, 5) is 5.09. The van der Waals surface area contributed by atoms with Gasteiger partial charge in [0.05, 0.1) is 6.10 Å². The van der Waals surface area contributed by atoms with Crippen molar-refractivity contribution >= 4 is 0 Å². The maximum Gasteiger partial charge on any atom is 0.0702 e. The summed E-state index contributed by atoms with van der Waals surface area (Å²) >= 11 is 0. The summed E-state index contributed by atoms with van der Waals surface area (Å²) in [6, 6.07) is 0.583. The van der Waals surface area contributed by atoms with Crippen molar-refractivity contribution in [3.8, 4) is 0 Å². The van der Waals surface area contributed by atoms with Gasteiger partial charge in [-0.2, -0.15) is 0 Å². The number of likely N-dealkylation sites (N-methyl/N-ethyl adjacent to an activating group) is 1. The molecule has 0 aromatic carbocycles. The van der Waals surface area contributed by atoms with E-state index in [0.29, 0.717) is 12.1 Å². The van der Waals surface area contributed by atoms with Gasteiger partial charge < -0.3 is 10.5 Å². The highest BCUT2D eigenvalue weighted by Gasteiger charge is 2.37. The SMILES string of the molecule is CN1C(CCN)CN(CC2CCCO2)CC1(C)C. The summed E-state index contributed by atoms with van der Waals surface area (Å²) in [7, 11) is 2.24. The molecule has 2 unspecified atom stereocenters. The number of nitrogens with two attached hydrogens (primary N) is 1. The van der Waals surface area contributed by atoms with E-state index < -0.39 is 0 Å². The Morgan fingerprint density at radius 1 is 1.39 bits per heavy atom. The van der Waals surface area contributed by atoms with Gasteiger partial charge in [0.2, 0.25) is 0 Å². The van der Waals surface area contributed by atoms with Crippen LogP contribution in [0.25, 0.3) is 0 Å². The van der Waals surface area contributed by atoms with Crippen molar-refractivity contribution in [1.82, 2.24) is 9.80 Å². The third kappa shape index (κ3) is 3.23.